The lowest BCUT2D eigenvalue weighted by atomic mass is 9.89. The molecule has 0 spiro atoms. The van der Waals surface area contributed by atoms with Gasteiger partial charge in [-0.2, -0.15) is 5.10 Å². The molecule has 3 rings (SSSR count). The zero-order chi connectivity index (χ0) is 13.1. The first-order valence-corrected chi connectivity index (χ1v) is 7.54. The molecule has 1 aliphatic heterocycles. The van der Waals surface area contributed by atoms with Crippen LogP contribution in [0.5, 0.6) is 0 Å². The first-order valence-electron chi connectivity index (χ1n) is 7.54. The lowest BCUT2D eigenvalue weighted by Gasteiger charge is -2.23. The summed E-state index contributed by atoms with van der Waals surface area (Å²) in [6.45, 7) is 2.55. The average Bonchev–Trinajstić information content (AvgIpc) is 2.82. The molecule has 1 saturated heterocycles. The summed E-state index contributed by atoms with van der Waals surface area (Å²) >= 11 is 0. The van der Waals surface area contributed by atoms with Crippen LogP contribution < -0.4 is 5.32 Å². The van der Waals surface area contributed by atoms with Crippen LogP contribution >= 0.6 is 0 Å². The van der Waals surface area contributed by atoms with Crippen molar-refractivity contribution < 1.29 is 4.74 Å². The van der Waals surface area contributed by atoms with Gasteiger partial charge < -0.3 is 10.1 Å². The van der Waals surface area contributed by atoms with E-state index in [0.29, 0.717) is 12.0 Å². The predicted octanol–water partition coefficient (Wildman–Crippen LogP) is 1.39. The van der Waals surface area contributed by atoms with Gasteiger partial charge in [-0.3, -0.25) is 4.68 Å². The molecule has 1 aromatic heterocycles. The fraction of sp³-hybridized carbons (Fsp3) is 0.857. The molecule has 19 heavy (non-hydrogen) atoms. The monoisotopic (exact) mass is 264 g/mol. The van der Waals surface area contributed by atoms with Crippen molar-refractivity contribution in [3.05, 3.63) is 11.6 Å². The molecule has 5 heteroatoms. The van der Waals surface area contributed by atoms with Crippen molar-refractivity contribution >= 4 is 0 Å². The highest BCUT2D eigenvalue weighted by atomic mass is 16.5. The van der Waals surface area contributed by atoms with E-state index in [4.69, 9.17) is 9.72 Å². The first-order chi connectivity index (χ1) is 9.33. The Balaban J connectivity index is 1.66. The van der Waals surface area contributed by atoms with E-state index >= 15 is 0 Å². The predicted molar refractivity (Wildman–Crippen MR) is 73.1 cm³/mol. The molecule has 1 N–H and O–H groups in total. The van der Waals surface area contributed by atoms with Crippen LogP contribution in [-0.2, 0) is 18.2 Å². The van der Waals surface area contributed by atoms with E-state index in [-0.39, 0.29) is 0 Å². The molecule has 1 aromatic rings. The van der Waals surface area contributed by atoms with Crippen molar-refractivity contribution in [2.45, 2.75) is 50.5 Å². The quantitative estimate of drug-likeness (QED) is 0.896. The van der Waals surface area contributed by atoms with Crippen molar-refractivity contribution in [3.8, 4) is 0 Å². The van der Waals surface area contributed by atoms with Gasteiger partial charge in [0.15, 0.2) is 5.82 Å². The largest absolute Gasteiger partial charge is 0.379 e. The van der Waals surface area contributed by atoms with E-state index in [0.717, 1.165) is 37.8 Å². The second-order valence-electron chi connectivity index (χ2n) is 5.77. The topological polar surface area (TPSA) is 52.0 Å². The van der Waals surface area contributed by atoms with Gasteiger partial charge in [-0.25, -0.2) is 4.98 Å². The molecule has 0 amide bonds. The zero-order valence-corrected chi connectivity index (χ0v) is 11.8. The third-order valence-corrected chi connectivity index (χ3v) is 4.27. The van der Waals surface area contributed by atoms with E-state index in [1.165, 1.54) is 32.1 Å². The van der Waals surface area contributed by atoms with Crippen LogP contribution in [0.15, 0.2) is 0 Å². The number of nitrogens with zero attached hydrogens (tertiary/aromatic N) is 3. The Bertz CT molecular complexity index is 406. The summed E-state index contributed by atoms with van der Waals surface area (Å²) < 4.78 is 7.46. The molecule has 2 heterocycles. The number of hydrogen-bond acceptors (Lipinski definition) is 4. The lowest BCUT2D eigenvalue weighted by Crippen LogP contribution is -2.43. The van der Waals surface area contributed by atoms with Gasteiger partial charge in [0.05, 0.1) is 13.2 Å². The summed E-state index contributed by atoms with van der Waals surface area (Å²) in [7, 11) is 2.01. The van der Waals surface area contributed by atoms with E-state index in [1.807, 2.05) is 11.7 Å². The highest BCUT2D eigenvalue weighted by molar-refractivity contribution is 5.02. The standard InChI is InChI=1S/C14H24N4O/c1-18-13(9-12-10-19-8-7-15-12)16-14(17-18)11-5-3-2-4-6-11/h11-12,15H,2-10H2,1H3. The molecular formula is C14H24N4O. The average molecular weight is 264 g/mol. The highest BCUT2D eigenvalue weighted by Gasteiger charge is 2.22. The Morgan fingerprint density at radius 1 is 1.32 bits per heavy atom. The maximum Gasteiger partial charge on any atom is 0.154 e. The van der Waals surface area contributed by atoms with Crippen LogP contribution in [0, 0.1) is 0 Å². The molecule has 0 radical (unpaired) electrons. The molecule has 1 saturated carbocycles. The molecule has 0 aromatic carbocycles. The highest BCUT2D eigenvalue weighted by Crippen LogP contribution is 2.30. The third kappa shape index (κ3) is 3.15. The Morgan fingerprint density at radius 2 is 2.16 bits per heavy atom. The Kier molecular flexibility index (Phi) is 4.13. The van der Waals surface area contributed by atoms with Crippen molar-refractivity contribution in [2.24, 2.45) is 7.05 Å². The molecule has 5 nitrogen and oxygen atoms in total. The molecule has 106 valence electrons. The van der Waals surface area contributed by atoms with Gasteiger partial charge in [0.25, 0.3) is 0 Å². The van der Waals surface area contributed by atoms with Crippen molar-refractivity contribution in [1.29, 1.82) is 0 Å². The molecule has 1 unspecified atom stereocenters. The van der Waals surface area contributed by atoms with Crippen molar-refractivity contribution in [2.75, 3.05) is 19.8 Å². The minimum Gasteiger partial charge on any atom is -0.379 e. The number of aryl methyl sites for hydroxylation is 1. The normalized spacial score (nSPS) is 25.6. The molecule has 0 bridgehead atoms. The van der Waals surface area contributed by atoms with Crippen LogP contribution in [0.4, 0.5) is 0 Å². The van der Waals surface area contributed by atoms with Gasteiger partial charge in [0, 0.05) is 32.0 Å². The SMILES string of the molecule is Cn1nc(C2CCCCC2)nc1CC1COCCN1. The lowest BCUT2D eigenvalue weighted by molar-refractivity contribution is 0.0761. The van der Waals surface area contributed by atoms with Crippen LogP contribution in [0.3, 0.4) is 0 Å². The van der Waals surface area contributed by atoms with Crippen LogP contribution in [0.1, 0.15) is 49.7 Å². The number of rotatable bonds is 3. The van der Waals surface area contributed by atoms with E-state index < -0.39 is 0 Å². The Labute approximate surface area is 114 Å². The summed E-state index contributed by atoms with van der Waals surface area (Å²) in [6, 6.07) is 0.385. The molecular weight excluding hydrogens is 240 g/mol. The van der Waals surface area contributed by atoms with Crippen molar-refractivity contribution in [3.63, 3.8) is 0 Å². The fourth-order valence-corrected chi connectivity index (χ4v) is 3.12. The van der Waals surface area contributed by atoms with Crippen LogP contribution in [0.25, 0.3) is 0 Å². The van der Waals surface area contributed by atoms with Crippen LogP contribution in [-0.4, -0.2) is 40.6 Å². The van der Waals surface area contributed by atoms with Gasteiger partial charge >= 0.3 is 0 Å². The maximum absolute atomic E-state index is 5.50. The fourth-order valence-electron chi connectivity index (χ4n) is 3.12. The molecule has 1 aliphatic carbocycles. The molecule has 2 fully saturated rings. The van der Waals surface area contributed by atoms with E-state index in [9.17, 15) is 0 Å². The summed E-state index contributed by atoms with van der Waals surface area (Å²) in [4.78, 5) is 4.78. The minimum atomic E-state index is 0.385. The number of nitrogens with one attached hydrogen (secondary N) is 1. The smallest absolute Gasteiger partial charge is 0.154 e. The number of hydrogen-bond donors (Lipinski definition) is 1. The van der Waals surface area contributed by atoms with Gasteiger partial charge in [0.2, 0.25) is 0 Å². The minimum absolute atomic E-state index is 0.385. The molecule has 1 atom stereocenters. The molecule has 2 aliphatic rings. The summed E-state index contributed by atoms with van der Waals surface area (Å²) in [5.74, 6) is 2.74. The van der Waals surface area contributed by atoms with Gasteiger partial charge in [-0.05, 0) is 12.8 Å². The van der Waals surface area contributed by atoms with Gasteiger partial charge in [0.1, 0.15) is 5.82 Å². The maximum atomic E-state index is 5.50. The third-order valence-electron chi connectivity index (χ3n) is 4.27. The Morgan fingerprint density at radius 3 is 2.89 bits per heavy atom. The number of aromatic nitrogens is 3. The second-order valence-corrected chi connectivity index (χ2v) is 5.77. The van der Waals surface area contributed by atoms with E-state index in [1.54, 1.807) is 0 Å². The van der Waals surface area contributed by atoms with Gasteiger partial charge in [-0.1, -0.05) is 19.3 Å². The van der Waals surface area contributed by atoms with Crippen LogP contribution in [0.2, 0.25) is 0 Å². The van der Waals surface area contributed by atoms with Crippen molar-refractivity contribution in [1.82, 2.24) is 20.1 Å². The number of ether oxygens (including phenoxy) is 1. The summed E-state index contributed by atoms with van der Waals surface area (Å²) in [5.41, 5.74) is 0. The zero-order valence-electron chi connectivity index (χ0n) is 11.8. The Hall–Kier alpha value is -0.940. The van der Waals surface area contributed by atoms with E-state index in [2.05, 4.69) is 10.4 Å². The number of morpholine rings is 1. The van der Waals surface area contributed by atoms with Gasteiger partial charge in [-0.15, -0.1) is 0 Å². The second kappa shape index (κ2) is 6.01. The summed E-state index contributed by atoms with van der Waals surface area (Å²) in [5, 5.41) is 8.11. The summed E-state index contributed by atoms with van der Waals surface area (Å²) in [6.07, 6.45) is 7.46. The first kappa shape index (κ1) is 13.1.